The van der Waals surface area contributed by atoms with Crippen LogP contribution in [0.1, 0.15) is 50.9 Å². The van der Waals surface area contributed by atoms with E-state index in [0.717, 1.165) is 38.2 Å². The minimum Gasteiger partial charge on any atom is -0.393 e. The van der Waals surface area contributed by atoms with E-state index in [0.29, 0.717) is 24.2 Å². The molecule has 5 heteroatoms. The molecule has 2 rings (SSSR count). The molecule has 1 aromatic carbocycles. The van der Waals surface area contributed by atoms with Crippen molar-refractivity contribution in [1.82, 2.24) is 10.2 Å². The summed E-state index contributed by atoms with van der Waals surface area (Å²) >= 11 is 0. The van der Waals surface area contributed by atoms with Crippen LogP contribution in [0.3, 0.4) is 0 Å². The number of carbonyl (C=O) groups is 1. The summed E-state index contributed by atoms with van der Waals surface area (Å²) in [5.74, 6) is -0.0203. The third kappa shape index (κ3) is 5.72. The van der Waals surface area contributed by atoms with Gasteiger partial charge in [-0.3, -0.25) is 9.69 Å². The summed E-state index contributed by atoms with van der Waals surface area (Å²) in [4.78, 5) is 17.0. The van der Waals surface area contributed by atoms with E-state index in [1.165, 1.54) is 0 Å². The van der Waals surface area contributed by atoms with Gasteiger partial charge in [0.15, 0.2) is 0 Å². The topological polar surface area (TPSA) is 55.8 Å². The number of rotatable bonds is 7. The second kappa shape index (κ2) is 9.20. The number of aliphatic hydroxyl groups is 1. The lowest BCUT2D eigenvalue weighted by atomic mass is 10.1. The molecule has 5 nitrogen and oxygen atoms in total. The first-order valence-electron chi connectivity index (χ1n) is 9.45. The molecule has 1 fully saturated rings. The molecule has 0 aromatic heterocycles. The fourth-order valence-corrected chi connectivity index (χ4v) is 3.46. The van der Waals surface area contributed by atoms with Crippen LogP contribution in [-0.2, 0) is 0 Å². The van der Waals surface area contributed by atoms with Crippen molar-refractivity contribution in [1.29, 1.82) is 0 Å². The molecule has 140 valence electrons. The zero-order chi connectivity index (χ0) is 18.4. The summed E-state index contributed by atoms with van der Waals surface area (Å²) in [6, 6.07) is 8.72. The Hall–Kier alpha value is -1.59. The Morgan fingerprint density at radius 1 is 1.16 bits per heavy atom. The molecule has 0 unspecified atom stereocenters. The molecule has 1 aromatic rings. The first kappa shape index (κ1) is 19.7. The molecule has 0 spiro atoms. The maximum absolute atomic E-state index is 12.3. The fourth-order valence-electron chi connectivity index (χ4n) is 3.46. The number of hydrogen-bond acceptors (Lipinski definition) is 4. The first-order valence-corrected chi connectivity index (χ1v) is 9.45. The predicted molar refractivity (Wildman–Crippen MR) is 103 cm³/mol. The van der Waals surface area contributed by atoms with E-state index in [1.807, 2.05) is 24.3 Å². The van der Waals surface area contributed by atoms with Crippen LogP contribution in [0.4, 0.5) is 5.69 Å². The molecule has 1 aliphatic heterocycles. The van der Waals surface area contributed by atoms with Gasteiger partial charge in [-0.2, -0.15) is 0 Å². The molecule has 0 bridgehead atoms. The minimum atomic E-state index is -0.169. The van der Waals surface area contributed by atoms with Gasteiger partial charge >= 0.3 is 0 Å². The number of anilines is 1. The number of hydrogen-bond donors (Lipinski definition) is 2. The quantitative estimate of drug-likeness (QED) is 0.796. The highest BCUT2D eigenvalue weighted by molar-refractivity contribution is 5.94. The smallest absolute Gasteiger partial charge is 0.251 e. The van der Waals surface area contributed by atoms with Gasteiger partial charge in [0.2, 0.25) is 0 Å². The lowest BCUT2D eigenvalue weighted by molar-refractivity contribution is 0.0939. The van der Waals surface area contributed by atoms with Gasteiger partial charge in [0, 0.05) is 49.5 Å². The largest absolute Gasteiger partial charge is 0.393 e. The number of aliphatic hydroxyl groups excluding tert-OH is 1. The number of carbonyl (C=O) groups excluding carboxylic acids is 1. The van der Waals surface area contributed by atoms with E-state index >= 15 is 0 Å². The normalized spacial score (nSPS) is 16.1. The van der Waals surface area contributed by atoms with Gasteiger partial charge < -0.3 is 15.3 Å². The van der Waals surface area contributed by atoms with Crippen molar-refractivity contribution in [2.75, 3.05) is 31.1 Å². The molecule has 25 heavy (non-hydrogen) atoms. The van der Waals surface area contributed by atoms with Crippen molar-refractivity contribution in [2.24, 2.45) is 0 Å². The van der Waals surface area contributed by atoms with Gasteiger partial charge in [-0.1, -0.05) is 0 Å². The minimum absolute atomic E-state index is 0.0203. The van der Waals surface area contributed by atoms with Crippen LogP contribution in [-0.4, -0.2) is 60.3 Å². The van der Waals surface area contributed by atoms with Gasteiger partial charge in [0.05, 0.1) is 6.10 Å². The van der Waals surface area contributed by atoms with Gasteiger partial charge in [0.25, 0.3) is 5.91 Å². The van der Waals surface area contributed by atoms with E-state index < -0.39 is 0 Å². The molecule has 1 aliphatic rings. The van der Waals surface area contributed by atoms with Crippen molar-refractivity contribution in [3.05, 3.63) is 29.8 Å². The summed E-state index contributed by atoms with van der Waals surface area (Å²) in [6.45, 7) is 12.0. The first-order chi connectivity index (χ1) is 11.9. The van der Waals surface area contributed by atoms with E-state index in [1.54, 1.807) is 0 Å². The highest BCUT2D eigenvalue weighted by Crippen LogP contribution is 2.20. The number of piperidine rings is 1. The van der Waals surface area contributed by atoms with Crippen molar-refractivity contribution in [3.63, 3.8) is 0 Å². The number of nitrogens with zero attached hydrogens (tertiary/aromatic N) is 2. The van der Waals surface area contributed by atoms with E-state index in [9.17, 15) is 9.90 Å². The highest BCUT2D eigenvalue weighted by Gasteiger charge is 2.17. The van der Waals surface area contributed by atoms with Crippen molar-refractivity contribution in [2.45, 2.75) is 58.7 Å². The molecular weight excluding hydrogens is 314 g/mol. The van der Waals surface area contributed by atoms with E-state index in [-0.39, 0.29) is 12.0 Å². The Morgan fingerprint density at radius 2 is 1.72 bits per heavy atom. The molecule has 1 amide bonds. The van der Waals surface area contributed by atoms with Gasteiger partial charge in [-0.15, -0.1) is 0 Å². The van der Waals surface area contributed by atoms with Crippen LogP contribution in [0.5, 0.6) is 0 Å². The van der Waals surface area contributed by atoms with E-state index in [4.69, 9.17) is 0 Å². The molecule has 0 saturated carbocycles. The Kier molecular flexibility index (Phi) is 7.26. The summed E-state index contributed by atoms with van der Waals surface area (Å²) in [7, 11) is 0. The Morgan fingerprint density at radius 3 is 2.24 bits per heavy atom. The molecule has 1 saturated heterocycles. The van der Waals surface area contributed by atoms with Crippen molar-refractivity contribution < 1.29 is 9.90 Å². The SMILES string of the molecule is CC(C)N(CCNC(=O)c1ccc(N2CCC(O)CC2)cc1)C(C)C. The summed E-state index contributed by atoms with van der Waals surface area (Å²) in [6.07, 6.45) is 1.45. The lowest BCUT2D eigenvalue weighted by Gasteiger charge is -2.31. The van der Waals surface area contributed by atoms with E-state index in [2.05, 4.69) is 42.8 Å². The average molecular weight is 348 g/mol. The number of benzene rings is 1. The van der Waals surface area contributed by atoms with Crippen LogP contribution in [0.25, 0.3) is 0 Å². The molecular formula is C20H33N3O2. The summed E-state index contributed by atoms with van der Waals surface area (Å²) in [5.41, 5.74) is 1.82. The standard InChI is InChI=1S/C20H33N3O2/c1-15(2)23(16(3)4)14-11-21-20(25)17-5-7-18(8-6-17)22-12-9-19(24)10-13-22/h5-8,15-16,19,24H,9-14H2,1-4H3,(H,21,25). The Labute approximate surface area is 152 Å². The van der Waals surface area contributed by atoms with Gasteiger partial charge in [0.1, 0.15) is 0 Å². The molecule has 0 aliphatic carbocycles. The second-order valence-corrected chi connectivity index (χ2v) is 7.45. The van der Waals surface area contributed by atoms with Crippen molar-refractivity contribution in [3.8, 4) is 0 Å². The summed E-state index contributed by atoms with van der Waals surface area (Å²) < 4.78 is 0. The predicted octanol–water partition coefficient (Wildman–Crippen LogP) is 2.50. The third-order valence-electron chi connectivity index (χ3n) is 4.94. The van der Waals surface area contributed by atoms with Crippen LogP contribution in [0, 0.1) is 0 Å². The van der Waals surface area contributed by atoms with Crippen LogP contribution >= 0.6 is 0 Å². The maximum Gasteiger partial charge on any atom is 0.251 e. The molecule has 2 N–H and O–H groups in total. The van der Waals surface area contributed by atoms with Crippen LogP contribution in [0.2, 0.25) is 0 Å². The van der Waals surface area contributed by atoms with Crippen molar-refractivity contribution >= 4 is 11.6 Å². The van der Waals surface area contributed by atoms with Crippen LogP contribution in [0.15, 0.2) is 24.3 Å². The van der Waals surface area contributed by atoms with Gasteiger partial charge in [-0.25, -0.2) is 0 Å². The average Bonchev–Trinajstić information content (AvgIpc) is 2.58. The number of nitrogens with one attached hydrogen (secondary N) is 1. The zero-order valence-corrected chi connectivity index (χ0v) is 16.0. The molecule has 1 heterocycles. The number of amides is 1. The maximum atomic E-state index is 12.3. The summed E-state index contributed by atoms with van der Waals surface area (Å²) in [5, 5.41) is 12.6. The van der Waals surface area contributed by atoms with Crippen LogP contribution < -0.4 is 10.2 Å². The third-order valence-corrected chi connectivity index (χ3v) is 4.94. The molecule has 0 radical (unpaired) electrons. The highest BCUT2D eigenvalue weighted by atomic mass is 16.3. The lowest BCUT2D eigenvalue weighted by Crippen LogP contribution is -2.42. The molecule has 0 atom stereocenters. The van der Waals surface area contributed by atoms with Gasteiger partial charge in [-0.05, 0) is 64.8 Å². The fraction of sp³-hybridized carbons (Fsp3) is 0.650. The second-order valence-electron chi connectivity index (χ2n) is 7.45. The zero-order valence-electron chi connectivity index (χ0n) is 16.0. The Balaban J connectivity index is 1.84. The monoisotopic (exact) mass is 347 g/mol. The Bertz CT molecular complexity index is 526.